The lowest BCUT2D eigenvalue weighted by Gasteiger charge is -2.46. The van der Waals surface area contributed by atoms with Crippen LogP contribution in [0.2, 0.25) is 0 Å². The molecule has 2 heterocycles. The van der Waals surface area contributed by atoms with Gasteiger partial charge in [0, 0.05) is 11.8 Å². The van der Waals surface area contributed by atoms with E-state index in [1.165, 1.54) is 0 Å². The van der Waals surface area contributed by atoms with E-state index < -0.39 is 40.3 Å². The van der Waals surface area contributed by atoms with Crippen molar-refractivity contribution in [2.45, 2.75) is 18.1 Å². The van der Waals surface area contributed by atoms with Crippen LogP contribution < -0.4 is 0 Å². The number of rotatable bonds is 1. The van der Waals surface area contributed by atoms with Gasteiger partial charge >= 0.3 is 0 Å². The molecule has 120 valence electrons. The minimum Gasteiger partial charge on any atom is -0.366 e. The zero-order valence-corrected chi connectivity index (χ0v) is 11.7. The van der Waals surface area contributed by atoms with E-state index in [0.717, 1.165) is 6.42 Å². The van der Waals surface area contributed by atoms with E-state index in [1.54, 1.807) is 0 Å². The van der Waals surface area contributed by atoms with Crippen LogP contribution in [0.3, 0.4) is 0 Å². The fraction of sp³-hybridized carbons (Fsp3) is 0.647. The summed E-state index contributed by atoms with van der Waals surface area (Å²) in [6.45, 7) is 0. The molecule has 0 aromatic heterocycles. The van der Waals surface area contributed by atoms with Gasteiger partial charge in [0.05, 0.1) is 11.7 Å². The second-order valence-electron chi connectivity index (χ2n) is 8.24. The lowest BCUT2D eigenvalue weighted by atomic mass is 9.56. The number of benzene rings is 1. The van der Waals surface area contributed by atoms with Gasteiger partial charge in [0.1, 0.15) is 5.60 Å². The molecule has 0 spiro atoms. The van der Waals surface area contributed by atoms with Crippen molar-refractivity contribution in [3.8, 4) is 0 Å². The highest BCUT2D eigenvalue weighted by Crippen LogP contribution is 2.92. The summed E-state index contributed by atoms with van der Waals surface area (Å²) in [5.74, 6) is -6.89. The van der Waals surface area contributed by atoms with Gasteiger partial charge in [-0.1, -0.05) is 0 Å². The summed E-state index contributed by atoms with van der Waals surface area (Å²) in [4.78, 5) is 0. The van der Waals surface area contributed by atoms with Gasteiger partial charge in [-0.05, 0) is 41.9 Å². The Hall–Kier alpha value is -1.17. The van der Waals surface area contributed by atoms with E-state index in [4.69, 9.17) is 4.74 Å². The molecule has 1 aromatic carbocycles. The highest BCUT2D eigenvalue weighted by Gasteiger charge is 2.93. The van der Waals surface area contributed by atoms with Crippen molar-refractivity contribution in [3.05, 3.63) is 34.6 Å². The molecule has 8 rings (SSSR count). The Kier molecular flexibility index (Phi) is 1.62. The van der Waals surface area contributed by atoms with E-state index in [2.05, 4.69) is 0 Å². The predicted octanol–water partition coefficient (Wildman–Crippen LogP) is 3.36. The third-order valence-electron chi connectivity index (χ3n) is 8.30. The maximum Gasteiger partial charge on any atom is 0.200 e. The van der Waals surface area contributed by atoms with Gasteiger partial charge in [-0.2, -0.15) is 0 Å². The molecule has 0 radical (unpaired) electrons. The molecular formula is C17H11F5O. The van der Waals surface area contributed by atoms with Gasteiger partial charge < -0.3 is 4.74 Å². The van der Waals surface area contributed by atoms with Gasteiger partial charge in [-0.15, -0.1) is 0 Å². The lowest BCUT2D eigenvalue weighted by Crippen LogP contribution is -2.48. The molecule has 5 saturated carbocycles. The predicted molar refractivity (Wildman–Crippen MR) is 65.3 cm³/mol. The average molecular weight is 326 g/mol. The molecule has 2 aliphatic heterocycles. The number of hydrogen-bond donors (Lipinski definition) is 0. The molecule has 5 aliphatic carbocycles. The third kappa shape index (κ3) is 0.839. The topological polar surface area (TPSA) is 9.23 Å². The summed E-state index contributed by atoms with van der Waals surface area (Å²) in [7, 11) is 0. The fourth-order valence-electron chi connectivity index (χ4n) is 8.35. The number of hydrogen-bond acceptors (Lipinski definition) is 1. The SMILES string of the molecule is Fc1c(F)c(F)c([C@@]23O[C@@H]4[C@@H]5[C@@H]6[C@@H]7C[C@@H]([C@H]6[C@@H]52)[C@@H]3[C@@H]74)c(F)c1F. The first-order chi connectivity index (χ1) is 11.0. The van der Waals surface area contributed by atoms with Crippen LogP contribution in [-0.2, 0) is 10.3 Å². The van der Waals surface area contributed by atoms with Crippen molar-refractivity contribution >= 4 is 0 Å². The van der Waals surface area contributed by atoms with Gasteiger partial charge in [0.15, 0.2) is 23.3 Å². The molecule has 0 amide bonds. The highest BCUT2D eigenvalue weighted by molar-refractivity contribution is 5.46. The summed E-state index contributed by atoms with van der Waals surface area (Å²) >= 11 is 0. The van der Waals surface area contributed by atoms with Crippen LogP contribution in [0.1, 0.15) is 12.0 Å². The zero-order valence-electron chi connectivity index (χ0n) is 11.7. The first-order valence-corrected chi connectivity index (χ1v) is 8.20. The first-order valence-electron chi connectivity index (χ1n) is 8.20. The smallest absolute Gasteiger partial charge is 0.200 e. The standard InChI is InChI=1S/C17H11F5O/c18-11-10(12(19)14(21)15(22)13(11)20)17-8-3-1-2-4-5(3)9(17)7(4)16(23-17)6(2)8/h2-9,16H,1H2/t2-,3-,4+,5+,6+,7+,8+,9-,16-,17-/m0/s1. The van der Waals surface area contributed by atoms with Gasteiger partial charge in [0.2, 0.25) is 5.82 Å². The van der Waals surface area contributed by atoms with Crippen LogP contribution in [0.25, 0.3) is 0 Å². The molecule has 7 fully saturated rings. The summed E-state index contributed by atoms with van der Waals surface area (Å²) in [6.07, 6.45) is 1.02. The molecule has 0 unspecified atom stereocenters. The van der Waals surface area contributed by atoms with Gasteiger partial charge in [0.25, 0.3) is 0 Å². The van der Waals surface area contributed by atoms with Crippen molar-refractivity contribution < 1.29 is 26.7 Å². The van der Waals surface area contributed by atoms with E-state index in [9.17, 15) is 22.0 Å². The zero-order chi connectivity index (χ0) is 15.6. The molecule has 2 saturated heterocycles. The molecule has 10 atom stereocenters. The Morgan fingerprint density at radius 1 is 0.696 bits per heavy atom. The molecule has 7 aliphatic rings. The van der Waals surface area contributed by atoms with E-state index in [0.29, 0.717) is 23.7 Å². The van der Waals surface area contributed by atoms with E-state index >= 15 is 0 Å². The summed E-state index contributed by atoms with van der Waals surface area (Å²) in [6, 6.07) is 0. The maximum absolute atomic E-state index is 14.5. The minimum atomic E-state index is -2.08. The molecule has 6 heteroatoms. The Morgan fingerprint density at radius 3 is 2.04 bits per heavy atom. The van der Waals surface area contributed by atoms with Crippen LogP contribution in [0.5, 0.6) is 0 Å². The van der Waals surface area contributed by atoms with Crippen molar-refractivity contribution in [1.29, 1.82) is 0 Å². The summed E-state index contributed by atoms with van der Waals surface area (Å²) < 4.78 is 76.1. The molecule has 0 N–H and O–H groups in total. The Bertz CT molecular complexity index is 800. The molecular weight excluding hydrogens is 315 g/mol. The van der Waals surface area contributed by atoms with Crippen LogP contribution in [0.4, 0.5) is 22.0 Å². The largest absolute Gasteiger partial charge is 0.366 e. The van der Waals surface area contributed by atoms with Crippen molar-refractivity contribution in [2.75, 3.05) is 0 Å². The second-order valence-corrected chi connectivity index (χ2v) is 8.24. The van der Waals surface area contributed by atoms with Crippen molar-refractivity contribution in [2.24, 2.45) is 47.3 Å². The van der Waals surface area contributed by atoms with Crippen LogP contribution in [-0.4, -0.2) is 6.10 Å². The Morgan fingerprint density at radius 2 is 1.35 bits per heavy atom. The van der Waals surface area contributed by atoms with Crippen molar-refractivity contribution in [1.82, 2.24) is 0 Å². The monoisotopic (exact) mass is 326 g/mol. The molecule has 23 heavy (non-hydrogen) atoms. The number of halogens is 5. The van der Waals surface area contributed by atoms with Crippen LogP contribution >= 0.6 is 0 Å². The lowest BCUT2D eigenvalue weighted by molar-refractivity contribution is -0.0418. The first kappa shape index (κ1) is 12.2. The maximum atomic E-state index is 14.5. The normalized spacial score (nSPS) is 58.0. The Labute approximate surface area is 127 Å². The quantitative estimate of drug-likeness (QED) is 0.437. The van der Waals surface area contributed by atoms with Crippen molar-refractivity contribution in [3.63, 3.8) is 0 Å². The number of ether oxygens (including phenoxy) is 1. The minimum absolute atomic E-state index is 0.0290. The Balaban J connectivity index is 1.57. The van der Waals surface area contributed by atoms with Crippen LogP contribution in [0.15, 0.2) is 0 Å². The average Bonchev–Trinajstić information content (AvgIpc) is 3.16. The van der Waals surface area contributed by atoms with Gasteiger partial charge in [-0.25, -0.2) is 22.0 Å². The second kappa shape index (κ2) is 3.05. The third-order valence-corrected chi connectivity index (χ3v) is 8.30. The van der Waals surface area contributed by atoms with Gasteiger partial charge in [-0.3, -0.25) is 0 Å². The van der Waals surface area contributed by atoms with Crippen LogP contribution in [0, 0.1) is 76.4 Å². The molecule has 4 bridgehead atoms. The van der Waals surface area contributed by atoms with E-state index in [1.807, 2.05) is 0 Å². The highest BCUT2D eigenvalue weighted by atomic mass is 19.2. The fourth-order valence-corrected chi connectivity index (χ4v) is 8.35. The van der Waals surface area contributed by atoms with E-state index in [-0.39, 0.29) is 29.8 Å². The summed E-state index contributed by atoms with van der Waals surface area (Å²) in [5.41, 5.74) is -1.94. The molecule has 1 aromatic rings. The summed E-state index contributed by atoms with van der Waals surface area (Å²) in [5, 5.41) is 0. The molecule has 1 nitrogen and oxygen atoms in total.